The lowest BCUT2D eigenvalue weighted by molar-refractivity contribution is 0.166. The van der Waals surface area contributed by atoms with Gasteiger partial charge in [-0.05, 0) is 18.9 Å². The number of nitrogens with two attached hydrogens (primary N) is 1. The summed E-state index contributed by atoms with van der Waals surface area (Å²) in [4.78, 5) is 3.04. The summed E-state index contributed by atoms with van der Waals surface area (Å²) in [5.74, 6) is 1.01. The molecule has 15 heavy (non-hydrogen) atoms. The molecule has 0 radical (unpaired) electrons. The van der Waals surface area contributed by atoms with Crippen LogP contribution in [0.25, 0.3) is 0 Å². The lowest BCUT2D eigenvalue weighted by Crippen LogP contribution is -2.37. The van der Waals surface area contributed by atoms with Crippen LogP contribution in [-0.4, -0.2) is 42.7 Å². The van der Waals surface area contributed by atoms with Crippen molar-refractivity contribution < 1.29 is 4.74 Å². The molecule has 0 aromatic carbocycles. The molecular formula is C11H22N2OS. The molecule has 0 aromatic rings. The van der Waals surface area contributed by atoms with Gasteiger partial charge in [0.15, 0.2) is 0 Å². The first kappa shape index (κ1) is 12.9. The lowest BCUT2D eigenvalue weighted by Gasteiger charge is -2.26. The molecule has 0 aliphatic carbocycles. The van der Waals surface area contributed by atoms with Crippen LogP contribution in [0.15, 0.2) is 0 Å². The van der Waals surface area contributed by atoms with E-state index in [9.17, 15) is 0 Å². The van der Waals surface area contributed by atoms with E-state index in [1.807, 2.05) is 0 Å². The van der Waals surface area contributed by atoms with Crippen LogP contribution in [-0.2, 0) is 4.74 Å². The second-order valence-corrected chi connectivity index (χ2v) is 4.86. The van der Waals surface area contributed by atoms with Crippen molar-refractivity contribution in [2.24, 2.45) is 17.6 Å². The molecule has 2 N–H and O–H groups in total. The number of nitrogens with zero attached hydrogens (tertiary/aromatic N) is 1. The molecule has 1 aliphatic heterocycles. The first-order valence-corrected chi connectivity index (χ1v) is 6.13. The Bertz CT molecular complexity index is 205. The zero-order valence-electron chi connectivity index (χ0n) is 9.74. The van der Waals surface area contributed by atoms with Crippen molar-refractivity contribution in [2.45, 2.75) is 20.3 Å². The first-order chi connectivity index (χ1) is 7.13. The molecule has 3 nitrogen and oxygen atoms in total. The molecule has 0 bridgehead atoms. The van der Waals surface area contributed by atoms with Crippen molar-refractivity contribution >= 4 is 17.2 Å². The fourth-order valence-electron chi connectivity index (χ4n) is 1.90. The summed E-state index contributed by atoms with van der Waals surface area (Å²) in [6.07, 6.45) is 1.19. The Hall–Kier alpha value is -0.190. The molecule has 0 aromatic heterocycles. The van der Waals surface area contributed by atoms with E-state index in [4.69, 9.17) is 22.7 Å². The van der Waals surface area contributed by atoms with E-state index in [1.54, 1.807) is 0 Å². The van der Waals surface area contributed by atoms with Crippen molar-refractivity contribution in [3.05, 3.63) is 0 Å². The van der Waals surface area contributed by atoms with E-state index >= 15 is 0 Å². The number of thiocarbonyl (C=S) groups is 1. The zero-order chi connectivity index (χ0) is 11.3. The van der Waals surface area contributed by atoms with Gasteiger partial charge in [0.1, 0.15) is 0 Å². The Balaban J connectivity index is 2.31. The molecule has 0 spiro atoms. The average molecular weight is 230 g/mol. The predicted molar refractivity (Wildman–Crippen MR) is 67.0 cm³/mol. The van der Waals surface area contributed by atoms with Crippen LogP contribution in [0.3, 0.4) is 0 Å². The minimum absolute atomic E-state index is 0.308. The third-order valence-electron chi connectivity index (χ3n) is 3.01. The molecule has 2 atom stereocenters. The first-order valence-electron chi connectivity index (χ1n) is 5.72. The van der Waals surface area contributed by atoms with Crippen molar-refractivity contribution in [1.29, 1.82) is 0 Å². The highest BCUT2D eigenvalue weighted by Crippen LogP contribution is 2.14. The summed E-state index contributed by atoms with van der Waals surface area (Å²) < 4.78 is 5.38. The van der Waals surface area contributed by atoms with E-state index in [-0.39, 0.29) is 0 Å². The fraction of sp³-hybridized carbons (Fsp3) is 0.909. The van der Waals surface area contributed by atoms with Crippen LogP contribution in [0.2, 0.25) is 0 Å². The average Bonchev–Trinajstić information content (AvgIpc) is 2.69. The highest BCUT2D eigenvalue weighted by molar-refractivity contribution is 7.80. The van der Waals surface area contributed by atoms with Gasteiger partial charge in [0.2, 0.25) is 0 Å². The van der Waals surface area contributed by atoms with Crippen LogP contribution >= 0.6 is 12.2 Å². The molecule has 1 heterocycles. The van der Waals surface area contributed by atoms with Gasteiger partial charge in [-0.3, -0.25) is 0 Å². The minimum Gasteiger partial charge on any atom is -0.393 e. The highest BCUT2D eigenvalue weighted by atomic mass is 32.1. The molecule has 2 unspecified atom stereocenters. The van der Waals surface area contributed by atoms with Gasteiger partial charge in [-0.15, -0.1) is 0 Å². The van der Waals surface area contributed by atoms with E-state index < -0.39 is 0 Å². The van der Waals surface area contributed by atoms with Gasteiger partial charge in [0.25, 0.3) is 0 Å². The molecule has 88 valence electrons. The van der Waals surface area contributed by atoms with E-state index in [1.165, 1.54) is 6.42 Å². The number of hydrogen-bond donors (Lipinski definition) is 1. The molecule has 1 rings (SSSR count). The molecule has 0 saturated carbocycles. The van der Waals surface area contributed by atoms with Crippen molar-refractivity contribution in [2.75, 3.05) is 32.8 Å². The van der Waals surface area contributed by atoms with E-state index in [0.717, 1.165) is 32.8 Å². The molecular weight excluding hydrogens is 208 g/mol. The number of rotatable bonds is 6. The molecule has 1 fully saturated rings. The zero-order valence-corrected chi connectivity index (χ0v) is 10.6. The molecule has 4 heteroatoms. The van der Waals surface area contributed by atoms with Crippen LogP contribution in [0.4, 0.5) is 0 Å². The Kier molecular flexibility index (Phi) is 5.50. The standard InChI is InChI=1S/C11H22N2OS/c1-3-13(6-9(2)11(12)15)7-10-4-5-14-8-10/h9-10H,3-8H2,1-2H3,(H2,12,15). The van der Waals surface area contributed by atoms with Gasteiger partial charge in [0.05, 0.1) is 11.6 Å². The minimum atomic E-state index is 0.308. The third-order valence-corrected chi connectivity index (χ3v) is 3.41. The summed E-state index contributed by atoms with van der Waals surface area (Å²) in [5.41, 5.74) is 5.63. The van der Waals surface area contributed by atoms with Crippen LogP contribution in [0.1, 0.15) is 20.3 Å². The van der Waals surface area contributed by atoms with E-state index in [0.29, 0.717) is 16.8 Å². The summed E-state index contributed by atoms with van der Waals surface area (Å²) in [7, 11) is 0. The Morgan fingerprint density at radius 3 is 2.87 bits per heavy atom. The Labute approximate surface area is 98.0 Å². The van der Waals surface area contributed by atoms with Crippen LogP contribution < -0.4 is 5.73 Å². The van der Waals surface area contributed by atoms with Crippen LogP contribution in [0, 0.1) is 11.8 Å². The van der Waals surface area contributed by atoms with Gasteiger partial charge in [0, 0.05) is 25.6 Å². The van der Waals surface area contributed by atoms with Crippen molar-refractivity contribution in [3.8, 4) is 0 Å². The van der Waals surface area contributed by atoms with Gasteiger partial charge in [-0.25, -0.2) is 0 Å². The lowest BCUT2D eigenvalue weighted by atomic mass is 10.1. The predicted octanol–water partition coefficient (Wildman–Crippen LogP) is 1.27. The quantitative estimate of drug-likeness (QED) is 0.697. The smallest absolute Gasteiger partial charge is 0.0768 e. The van der Waals surface area contributed by atoms with Crippen molar-refractivity contribution in [1.82, 2.24) is 4.90 Å². The van der Waals surface area contributed by atoms with Crippen LogP contribution in [0.5, 0.6) is 0 Å². The van der Waals surface area contributed by atoms with Gasteiger partial charge in [-0.1, -0.05) is 26.1 Å². The Morgan fingerprint density at radius 2 is 2.40 bits per heavy atom. The van der Waals surface area contributed by atoms with Gasteiger partial charge >= 0.3 is 0 Å². The SMILES string of the molecule is CCN(CC1CCOC1)CC(C)C(N)=S. The summed E-state index contributed by atoms with van der Waals surface area (Å²) in [6, 6.07) is 0. The summed E-state index contributed by atoms with van der Waals surface area (Å²) in [6.45, 7) is 9.26. The summed E-state index contributed by atoms with van der Waals surface area (Å²) in [5, 5.41) is 0. The van der Waals surface area contributed by atoms with Gasteiger partial charge in [-0.2, -0.15) is 0 Å². The normalized spacial score (nSPS) is 23.3. The molecule has 0 amide bonds. The maximum Gasteiger partial charge on any atom is 0.0768 e. The summed E-state index contributed by atoms with van der Waals surface area (Å²) >= 11 is 4.99. The molecule has 1 saturated heterocycles. The number of ether oxygens (including phenoxy) is 1. The second-order valence-electron chi connectivity index (χ2n) is 4.39. The van der Waals surface area contributed by atoms with E-state index in [2.05, 4.69) is 18.7 Å². The maximum atomic E-state index is 5.63. The van der Waals surface area contributed by atoms with Crippen molar-refractivity contribution in [3.63, 3.8) is 0 Å². The maximum absolute atomic E-state index is 5.63. The monoisotopic (exact) mass is 230 g/mol. The number of hydrogen-bond acceptors (Lipinski definition) is 3. The largest absolute Gasteiger partial charge is 0.393 e. The second kappa shape index (κ2) is 6.40. The highest BCUT2D eigenvalue weighted by Gasteiger charge is 2.19. The third kappa shape index (κ3) is 4.45. The van der Waals surface area contributed by atoms with Gasteiger partial charge < -0.3 is 15.4 Å². The topological polar surface area (TPSA) is 38.5 Å². The Morgan fingerprint density at radius 1 is 1.67 bits per heavy atom. The molecule has 1 aliphatic rings. The fourth-order valence-corrected chi connectivity index (χ4v) is 1.98.